The van der Waals surface area contributed by atoms with E-state index in [-0.39, 0.29) is 17.8 Å². The summed E-state index contributed by atoms with van der Waals surface area (Å²) in [6.45, 7) is 2.02. The summed E-state index contributed by atoms with van der Waals surface area (Å²) in [5, 5.41) is 7.34. The van der Waals surface area contributed by atoms with Gasteiger partial charge in [-0.1, -0.05) is 12.1 Å². The highest BCUT2D eigenvalue weighted by Crippen LogP contribution is 2.39. The molecule has 0 aliphatic heterocycles. The second kappa shape index (κ2) is 8.05. The maximum absolute atomic E-state index is 13.2. The molecular weight excluding hydrogens is 399 g/mol. The Morgan fingerprint density at radius 1 is 1.33 bits per heavy atom. The number of halogens is 3. The number of anilines is 1. The summed E-state index contributed by atoms with van der Waals surface area (Å²) in [6.07, 6.45) is -3.04. The number of aromatic nitrogens is 1. The Labute approximate surface area is 160 Å². The van der Waals surface area contributed by atoms with E-state index in [2.05, 4.69) is 15.5 Å². The van der Waals surface area contributed by atoms with Crippen molar-refractivity contribution in [2.24, 2.45) is 5.10 Å². The number of fused-ring (bicyclic) bond motifs is 1. The van der Waals surface area contributed by atoms with Crippen molar-refractivity contribution in [3.05, 3.63) is 45.8 Å². The van der Waals surface area contributed by atoms with Crippen LogP contribution in [0.1, 0.15) is 23.7 Å². The molecule has 0 unspecified atom stereocenters. The number of nitrogens with zero attached hydrogens (tertiary/aromatic N) is 2. The van der Waals surface area contributed by atoms with Crippen LogP contribution < -0.4 is 5.43 Å². The van der Waals surface area contributed by atoms with E-state index >= 15 is 0 Å². The average molecular weight is 413 g/mol. The number of carbonyl (C=O) groups excluding carboxylic acids is 1. The van der Waals surface area contributed by atoms with Crippen LogP contribution in [0.2, 0.25) is 0 Å². The van der Waals surface area contributed by atoms with Crippen LogP contribution in [0.25, 0.3) is 10.1 Å². The number of thiophene rings is 1. The Hall–Kier alpha value is -2.46. The summed E-state index contributed by atoms with van der Waals surface area (Å²) < 4.78 is 44.9. The fourth-order valence-corrected chi connectivity index (χ4v) is 4.05. The second-order valence-electron chi connectivity index (χ2n) is 5.36. The van der Waals surface area contributed by atoms with Crippen molar-refractivity contribution in [3.63, 3.8) is 0 Å². The minimum absolute atomic E-state index is 0.0545. The summed E-state index contributed by atoms with van der Waals surface area (Å²) in [7, 11) is 0. The lowest BCUT2D eigenvalue weighted by molar-refractivity contribution is -0.142. The lowest BCUT2D eigenvalue weighted by Crippen LogP contribution is -2.07. The van der Waals surface area contributed by atoms with E-state index in [0.717, 1.165) is 16.7 Å². The number of ether oxygens (including phenoxy) is 1. The van der Waals surface area contributed by atoms with Gasteiger partial charge < -0.3 is 4.74 Å². The van der Waals surface area contributed by atoms with Gasteiger partial charge in [0.1, 0.15) is 0 Å². The Bertz CT molecular complexity index is 979. The molecule has 3 rings (SSSR count). The zero-order valence-corrected chi connectivity index (χ0v) is 15.7. The van der Waals surface area contributed by atoms with E-state index in [1.807, 2.05) is 0 Å². The standard InChI is InChI=1S/C17H14F3N3O2S2/c1-2-25-14(24)6-11-8-27-16(22-11)23-21-7-10-4-3-5-13-15(10)12(9-26-13)17(18,19)20/h3-5,7-9H,2,6H2,1H3,(H,22,23). The first-order chi connectivity index (χ1) is 12.9. The molecule has 2 aromatic heterocycles. The lowest BCUT2D eigenvalue weighted by Gasteiger charge is -2.06. The molecule has 2 heterocycles. The highest BCUT2D eigenvalue weighted by atomic mass is 32.1. The van der Waals surface area contributed by atoms with Crippen LogP contribution in [0.4, 0.5) is 18.3 Å². The molecule has 5 nitrogen and oxygen atoms in total. The van der Waals surface area contributed by atoms with Gasteiger partial charge in [-0.05, 0) is 13.0 Å². The normalized spacial score (nSPS) is 12.0. The quantitative estimate of drug-likeness (QED) is 0.354. The smallest absolute Gasteiger partial charge is 0.417 e. The number of alkyl halides is 3. The number of thiazole rings is 1. The first-order valence-electron chi connectivity index (χ1n) is 7.85. The lowest BCUT2D eigenvalue weighted by atomic mass is 10.1. The molecule has 0 amide bonds. The number of benzene rings is 1. The topological polar surface area (TPSA) is 63.6 Å². The van der Waals surface area contributed by atoms with Gasteiger partial charge in [-0.25, -0.2) is 4.98 Å². The van der Waals surface area contributed by atoms with Crippen LogP contribution in [0, 0.1) is 0 Å². The number of hydrazone groups is 1. The Kier molecular flexibility index (Phi) is 5.76. The molecule has 0 bridgehead atoms. The van der Waals surface area contributed by atoms with Gasteiger partial charge in [-0.3, -0.25) is 10.2 Å². The molecule has 1 N–H and O–H groups in total. The predicted molar refractivity (Wildman–Crippen MR) is 100 cm³/mol. The number of nitrogens with one attached hydrogen (secondary N) is 1. The van der Waals surface area contributed by atoms with Crippen molar-refractivity contribution in [1.82, 2.24) is 4.98 Å². The SMILES string of the molecule is CCOC(=O)Cc1csc(NN=Cc2cccc3scc(C(F)(F)F)c23)n1. The molecule has 3 aromatic rings. The van der Waals surface area contributed by atoms with Gasteiger partial charge in [0.2, 0.25) is 5.13 Å². The van der Waals surface area contributed by atoms with Gasteiger partial charge in [0.05, 0.1) is 30.5 Å². The summed E-state index contributed by atoms with van der Waals surface area (Å²) in [6, 6.07) is 4.90. The fourth-order valence-electron chi connectivity index (χ4n) is 2.39. The molecular formula is C17H14F3N3O2S2. The third-order valence-corrected chi connectivity index (χ3v) is 5.23. The number of esters is 1. The third kappa shape index (κ3) is 4.64. The predicted octanol–water partition coefficient (Wildman–Crippen LogP) is 4.93. The van der Waals surface area contributed by atoms with Crippen LogP contribution in [0.5, 0.6) is 0 Å². The molecule has 0 spiro atoms. The van der Waals surface area contributed by atoms with E-state index in [1.54, 1.807) is 30.5 Å². The second-order valence-corrected chi connectivity index (χ2v) is 7.13. The maximum Gasteiger partial charge on any atom is 0.417 e. The molecule has 1 aromatic carbocycles. The summed E-state index contributed by atoms with van der Waals surface area (Å²) in [5.74, 6) is -0.373. The van der Waals surface area contributed by atoms with E-state index in [4.69, 9.17) is 4.74 Å². The summed E-state index contributed by atoms with van der Waals surface area (Å²) in [4.78, 5) is 15.6. The minimum atomic E-state index is -4.42. The zero-order valence-electron chi connectivity index (χ0n) is 14.0. The number of rotatable bonds is 6. The molecule has 10 heteroatoms. The van der Waals surface area contributed by atoms with Crippen LogP contribution in [0.15, 0.2) is 34.1 Å². The molecule has 0 aliphatic rings. The molecule has 0 saturated carbocycles. The molecule has 0 saturated heterocycles. The fraction of sp³-hybridized carbons (Fsp3) is 0.235. The molecule has 0 aliphatic carbocycles. The van der Waals surface area contributed by atoms with E-state index in [9.17, 15) is 18.0 Å². The Morgan fingerprint density at radius 3 is 2.89 bits per heavy atom. The van der Waals surface area contributed by atoms with E-state index in [0.29, 0.717) is 27.7 Å². The van der Waals surface area contributed by atoms with Crippen molar-refractivity contribution in [3.8, 4) is 0 Å². The third-order valence-electron chi connectivity index (χ3n) is 3.48. The van der Waals surface area contributed by atoms with Crippen LogP contribution in [-0.4, -0.2) is 23.8 Å². The zero-order chi connectivity index (χ0) is 19.4. The maximum atomic E-state index is 13.2. The van der Waals surface area contributed by atoms with Crippen LogP contribution in [0.3, 0.4) is 0 Å². The van der Waals surface area contributed by atoms with Gasteiger partial charge in [0, 0.05) is 26.4 Å². The van der Waals surface area contributed by atoms with E-state index < -0.39 is 11.7 Å². The van der Waals surface area contributed by atoms with Crippen molar-refractivity contribution in [2.75, 3.05) is 12.0 Å². The molecule has 0 radical (unpaired) electrons. The molecule has 0 fully saturated rings. The minimum Gasteiger partial charge on any atom is -0.466 e. The van der Waals surface area contributed by atoms with Gasteiger partial charge >= 0.3 is 12.1 Å². The average Bonchev–Trinajstić information content (AvgIpc) is 3.22. The van der Waals surface area contributed by atoms with Crippen molar-refractivity contribution >= 4 is 50.1 Å². The monoisotopic (exact) mass is 413 g/mol. The highest BCUT2D eigenvalue weighted by Gasteiger charge is 2.34. The van der Waals surface area contributed by atoms with Crippen molar-refractivity contribution in [2.45, 2.75) is 19.5 Å². The number of carbonyl (C=O) groups is 1. The van der Waals surface area contributed by atoms with E-state index in [1.165, 1.54) is 17.6 Å². The van der Waals surface area contributed by atoms with Crippen molar-refractivity contribution in [1.29, 1.82) is 0 Å². The number of hydrogen-bond acceptors (Lipinski definition) is 7. The molecule has 142 valence electrons. The largest absolute Gasteiger partial charge is 0.466 e. The number of hydrogen-bond donors (Lipinski definition) is 1. The highest BCUT2D eigenvalue weighted by molar-refractivity contribution is 7.17. The van der Waals surface area contributed by atoms with Crippen LogP contribution >= 0.6 is 22.7 Å². The summed E-state index contributed by atoms with van der Waals surface area (Å²) in [5.41, 5.74) is 2.91. The Morgan fingerprint density at radius 2 is 2.15 bits per heavy atom. The van der Waals surface area contributed by atoms with Gasteiger partial charge in [-0.15, -0.1) is 22.7 Å². The first-order valence-corrected chi connectivity index (χ1v) is 9.61. The van der Waals surface area contributed by atoms with Gasteiger partial charge in [-0.2, -0.15) is 18.3 Å². The first kappa shape index (κ1) is 19.3. The van der Waals surface area contributed by atoms with Gasteiger partial charge in [0.15, 0.2) is 0 Å². The van der Waals surface area contributed by atoms with Crippen LogP contribution in [-0.2, 0) is 22.1 Å². The summed E-state index contributed by atoms with van der Waals surface area (Å²) >= 11 is 2.28. The Balaban J connectivity index is 1.75. The van der Waals surface area contributed by atoms with Gasteiger partial charge in [0.25, 0.3) is 0 Å². The van der Waals surface area contributed by atoms with Crippen molar-refractivity contribution < 1.29 is 22.7 Å². The molecule has 0 atom stereocenters. The molecule has 27 heavy (non-hydrogen) atoms.